The third-order valence-electron chi connectivity index (χ3n) is 1.96. The van der Waals surface area contributed by atoms with Crippen molar-refractivity contribution in [2.24, 2.45) is 0 Å². The Kier molecular flexibility index (Phi) is 2.87. The van der Waals surface area contributed by atoms with Crippen molar-refractivity contribution in [3.05, 3.63) is 0 Å². The fourth-order valence-corrected chi connectivity index (χ4v) is 1.37. The van der Waals surface area contributed by atoms with E-state index in [2.05, 4.69) is 0 Å². The number of carbonyl (C=O) groups excluding carboxylic acids is 2. The van der Waals surface area contributed by atoms with Crippen LogP contribution in [-0.2, 0) is 4.79 Å². The average molecular weight is 186 g/mol. The van der Waals surface area contributed by atoms with Crippen molar-refractivity contribution in [1.82, 2.24) is 9.80 Å². The number of carbonyl (C=O) groups is 2. The molecule has 1 saturated heterocycles. The summed E-state index contributed by atoms with van der Waals surface area (Å²) in [6.07, 6.45) is 0. The van der Waals surface area contributed by atoms with Gasteiger partial charge in [-0.25, -0.2) is 4.79 Å². The van der Waals surface area contributed by atoms with Crippen LogP contribution in [0.1, 0.15) is 13.8 Å². The van der Waals surface area contributed by atoms with E-state index in [0.717, 1.165) is 0 Å². The molecule has 74 valence electrons. The largest absolute Gasteiger partial charge is 0.395 e. The molecular weight excluding hydrogens is 172 g/mol. The molecule has 1 aliphatic heterocycles. The highest BCUT2D eigenvalue weighted by Crippen LogP contribution is 2.12. The highest BCUT2D eigenvalue weighted by Gasteiger charge is 2.36. The van der Waals surface area contributed by atoms with E-state index in [1.807, 2.05) is 0 Å². The van der Waals surface area contributed by atoms with E-state index in [4.69, 9.17) is 5.11 Å². The Balaban J connectivity index is 2.70. The van der Waals surface area contributed by atoms with Crippen LogP contribution in [0.25, 0.3) is 0 Å². The van der Waals surface area contributed by atoms with E-state index >= 15 is 0 Å². The summed E-state index contributed by atoms with van der Waals surface area (Å²) >= 11 is 0. The first-order chi connectivity index (χ1) is 6.07. The van der Waals surface area contributed by atoms with Gasteiger partial charge in [0.2, 0.25) is 0 Å². The Morgan fingerprint density at radius 1 is 1.46 bits per heavy atom. The summed E-state index contributed by atoms with van der Waals surface area (Å²) in [6.45, 7) is 3.80. The minimum Gasteiger partial charge on any atom is -0.395 e. The molecule has 0 aliphatic carbocycles. The molecule has 0 spiro atoms. The van der Waals surface area contributed by atoms with Gasteiger partial charge in [-0.2, -0.15) is 0 Å². The number of imide groups is 1. The second-order valence-electron chi connectivity index (χ2n) is 3.29. The molecule has 1 aliphatic rings. The molecule has 1 rings (SSSR count). The number of rotatable bonds is 3. The van der Waals surface area contributed by atoms with Crippen LogP contribution >= 0.6 is 0 Å². The molecule has 1 N–H and O–H groups in total. The van der Waals surface area contributed by atoms with Gasteiger partial charge in [0.1, 0.15) is 6.54 Å². The average Bonchev–Trinajstić information content (AvgIpc) is 2.28. The molecule has 0 aromatic heterocycles. The van der Waals surface area contributed by atoms with Gasteiger partial charge >= 0.3 is 6.03 Å². The van der Waals surface area contributed by atoms with Gasteiger partial charge in [0.05, 0.1) is 6.61 Å². The molecule has 0 aromatic carbocycles. The van der Waals surface area contributed by atoms with Gasteiger partial charge in [-0.1, -0.05) is 0 Å². The smallest absolute Gasteiger partial charge is 0.327 e. The van der Waals surface area contributed by atoms with E-state index in [0.29, 0.717) is 0 Å². The van der Waals surface area contributed by atoms with Crippen LogP contribution in [0, 0.1) is 0 Å². The van der Waals surface area contributed by atoms with Gasteiger partial charge < -0.3 is 10.0 Å². The lowest BCUT2D eigenvalue weighted by atomic mass is 10.3. The van der Waals surface area contributed by atoms with Crippen LogP contribution in [-0.4, -0.2) is 52.6 Å². The minimum absolute atomic E-state index is 0.0948. The molecule has 0 saturated carbocycles. The molecule has 5 nitrogen and oxygen atoms in total. The molecule has 3 amide bonds. The maximum atomic E-state index is 11.5. The van der Waals surface area contributed by atoms with Gasteiger partial charge in [-0.3, -0.25) is 9.69 Å². The van der Waals surface area contributed by atoms with E-state index in [-0.39, 0.29) is 37.7 Å². The molecule has 0 aromatic rings. The predicted octanol–water partition coefficient (Wildman–Crippen LogP) is -0.349. The minimum atomic E-state index is -0.297. The van der Waals surface area contributed by atoms with Crippen molar-refractivity contribution in [1.29, 1.82) is 0 Å². The SMILES string of the molecule is CC(C)N1C(=O)CN(CCO)C1=O. The van der Waals surface area contributed by atoms with Crippen LogP contribution < -0.4 is 0 Å². The normalized spacial score (nSPS) is 17.8. The third-order valence-corrected chi connectivity index (χ3v) is 1.96. The van der Waals surface area contributed by atoms with Crippen molar-refractivity contribution < 1.29 is 14.7 Å². The van der Waals surface area contributed by atoms with Crippen LogP contribution in [0.3, 0.4) is 0 Å². The van der Waals surface area contributed by atoms with Crippen molar-refractivity contribution in [3.8, 4) is 0 Å². The Morgan fingerprint density at radius 2 is 2.08 bits per heavy atom. The zero-order valence-corrected chi connectivity index (χ0v) is 7.86. The highest BCUT2D eigenvalue weighted by molar-refractivity contribution is 6.02. The first-order valence-corrected chi connectivity index (χ1v) is 4.29. The lowest BCUT2D eigenvalue weighted by molar-refractivity contribution is -0.126. The Labute approximate surface area is 76.9 Å². The van der Waals surface area contributed by atoms with Crippen molar-refractivity contribution >= 4 is 11.9 Å². The molecule has 1 heterocycles. The first-order valence-electron chi connectivity index (χ1n) is 4.29. The summed E-state index contributed by atoms with van der Waals surface area (Å²) in [5.74, 6) is -0.187. The third kappa shape index (κ3) is 1.80. The second kappa shape index (κ2) is 3.74. The van der Waals surface area contributed by atoms with Crippen molar-refractivity contribution in [2.45, 2.75) is 19.9 Å². The van der Waals surface area contributed by atoms with Crippen LogP contribution in [0.5, 0.6) is 0 Å². The fraction of sp³-hybridized carbons (Fsp3) is 0.750. The quantitative estimate of drug-likeness (QED) is 0.613. The summed E-state index contributed by atoms with van der Waals surface area (Å²) in [7, 11) is 0. The maximum Gasteiger partial charge on any atom is 0.327 e. The van der Waals surface area contributed by atoms with Gasteiger partial charge in [-0.05, 0) is 13.8 Å². The Hall–Kier alpha value is -1.10. The van der Waals surface area contributed by atoms with Gasteiger partial charge in [0.25, 0.3) is 5.91 Å². The van der Waals surface area contributed by atoms with Gasteiger partial charge in [-0.15, -0.1) is 0 Å². The molecule has 13 heavy (non-hydrogen) atoms. The summed E-state index contributed by atoms with van der Waals surface area (Å²) in [6, 6.07) is -0.405. The Bertz CT molecular complexity index is 227. The first kappa shape index (κ1) is 9.98. The number of amides is 3. The van der Waals surface area contributed by atoms with Crippen LogP contribution in [0.4, 0.5) is 4.79 Å². The summed E-state index contributed by atoms with van der Waals surface area (Å²) < 4.78 is 0. The zero-order chi connectivity index (χ0) is 10.0. The number of hydrogen-bond acceptors (Lipinski definition) is 3. The van der Waals surface area contributed by atoms with E-state index in [9.17, 15) is 9.59 Å². The monoisotopic (exact) mass is 186 g/mol. The fourth-order valence-electron chi connectivity index (χ4n) is 1.37. The lowest BCUT2D eigenvalue weighted by Gasteiger charge is -2.19. The topological polar surface area (TPSA) is 60.9 Å². The van der Waals surface area contributed by atoms with Crippen molar-refractivity contribution in [2.75, 3.05) is 19.7 Å². The summed E-state index contributed by atoms with van der Waals surface area (Å²) in [5.41, 5.74) is 0. The van der Waals surface area contributed by atoms with E-state index in [1.165, 1.54) is 9.80 Å². The number of urea groups is 1. The molecule has 0 unspecified atom stereocenters. The van der Waals surface area contributed by atoms with Crippen molar-refractivity contribution in [3.63, 3.8) is 0 Å². The number of aliphatic hydroxyl groups excluding tert-OH is 1. The van der Waals surface area contributed by atoms with Crippen LogP contribution in [0.15, 0.2) is 0 Å². The molecule has 1 fully saturated rings. The van der Waals surface area contributed by atoms with E-state index < -0.39 is 0 Å². The Morgan fingerprint density at radius 3 is 2.46 bits per heavy atom. The van der Waals surface area contributed by atoms with E-state index in [1.54, 1.807) is 13.8 Å². The highest BCUT2D eigenvalue weighted by atomic mass is 16.3. The molecule has 5 heteroatoms. The standard InChI is InChI=1S/C8H14N2O3/c1-6(2)10-7(12)5-9(3-4-11)8(10)13/h6,11H,3-5H2,1-2H3. The molecular formula is C8H14N2O3. The number of β-amino-alcohol motifs (C(OH)–C–C–N with tert-alkyl or cyclic N) is 1. The zero-order valence-electron chi connectivity index (χ0n) is 7.86. The number of aliphatic hydroxyl groups is 1. The maximum absolute atomic E-state index is 11.5. The van der Waals surface area contributed by atoms with Gasteiger partial charge in [0.15, 0.2) is 0 Å². The van der Waals surface area contributed by atoms with Gasteiger partial charge in [0, 0.05) is 12.6 Å². The number of hydrogen-bond donors (Lipinski definition) is 1. The van der Waals surface area contributed by atoms with Crippen LogP contribution in [0.2, 0.25) is 0 Å². The second-order valence-corrected chi connectivity index (χ2v) is 3.29. The molecule has 0 radical (unpaired) electrons. The lowest BCUT2D eigenvalue weighted by Crippen LogP contribution is -2.38. The molecule has 0 atom stereocenters. The predicted molar refractivity (Wildman–Crippen MR) is 46.0 cm³/mol. The molecule has 0 bridgehead atoms. The number of nitrogens with zero attached hydrogens (tertiary/aromatic N) is 2. The summed E-state index contributed by atoms with van der Waals surface area (Å²) in [5, 5.41) is 8.63. The summed E-state index contributed by atoms with van der Waals surface area (Å²) in [4.78, 5) is 25.3.